The fraction of sp³-hybridized carbons (Fsp3) is 0.200. The van der Waals surface area contributed by atoms with Gasteiger partial charge in [0.05, 0.1) is 20.8 Å². The summed E-state index contributed by atoms with van der Waals surface area (Å²) in [7, 11) is 0. The van der Waals surface area contributed by atoms with Gasteiger partial charge in [0.2, 0.25) is 0 Å². The molecule has 2 aromatic rings. The maximum absolute atomic E-state index is 10.6. The first-order chi connectivity index (χ1) is 7.56. The van der Waals surface area contributed by atoms with E-state index < -0.39 is 5.97 Å². The summed E-state index contributed by atoms with van der Waals surface area (Å²) in [6, 6.07) is 3.95. The topological polar surface area (TPSA) is 50.2 Å². The number of carbonyl (C=O) groups is 1. The van der Waals surface area contributed by atoms with Crippen molar-refractivity contribution in [3.63, 3.8) is 0 Å². The molecule has 84 valence electrons. The summed E-state index contributed by atoms with van der Waals surface area (Å²) in [5.74, 6) is -0.814. The van der Waals surface area contributed by atoms with E-state index in [1.165, 1.54) is 11.3 Å². The van der Waals surface area contributed by atoms with E-state index in [1.807, 2.05) is 19.1 Å². The molecule has 2 rings (SSSR count). The summed E-state index contributed by atoms with van der Waals surface area (Å²) in [6.45, 7) is 1.85. The molecule has 0 radical (unpaired) electrons. The van der Waals surface area contributed by atoms with Crippen molar-refractivity contribution in [3.05, 3.63) is 26.5 Å². The quantitative estimate of drug-likeness (QED) is 0.941. The molecule has 0 aliphatic heterocycles. The van der Waals surface area contributed by atoms with Crippen LogP contribution in [0.15, 0.2) is 15.9 Å². The van der Waals surface area contributed by atoms with Gasteiger partial charge >= 0.3 is 5.97 Å². The van der Waals surface area contributed by atoms with E-state index in [2.05, 4.69) is 20.9 Å². The highest BCUT2D eigenvalue weighted by Crippen LogP contribution is 2.35. The zero-order valence-electron chi connectivity index (χ0n) is 8.36. The summed E-state index contributed by atoms with van der Waals surface area (Å²) in [5.41, 5.74) is 0.812. The molecule has 0 unspecified atom stereocenters. The van der Waals surface area contributed by atoms with Gasteiger partial charge in [0.25, 0.3) is 0 Å². The molecule has 0 atom stereocenters. The van der Waals surface area contributed by atoms with Crippen LogP contribution in [0.2, 0.25) is 0 Å². The zero-order chi connectivity index (χ0) is 11.7. The average Bonchev–Trinajstić information content (AvgIpc) is 2.74. The molecular weight excluding hydrogens is 310 g/mol. The third-order valence-electron chi connectivity index (χ3n) is 1.99. The molecule has 0 saturated heterocycles. The minimum atomic E-state index is -0.814. The first-order valence-electron chi connectivity index (χ1n) is 4.50. The Morgan fingerprint density at radius 3 is 2.81 bits per heavy atom. The normalized spacial score (nSPS) is 10.6. The van der Waals surface area contributed by atoms with E-state index in [4.69, 9.17) is 5.11 Å². The number of nitrogens with zero attached hydrogens (tertiary/aromatic N) is 1. The van der Waals surface area contributed by atoms with Crippen LogP contribution in [0.3, 0.4) is 0 Å². The van der Waals surface area contributed by atoms with Crippen LogP contribution in [0.1, 0.15) is 10.6 Å². The summed E-state index contributed by atoms with van der Waals surface area (Å²) in [6.07, 6.45) is 0.0516. The molecule has 1 N–H and O–H groups in total. The van der Waals surface area contributed by atoms with E-state index >= 15 is 0 Å². The molecular formula is C10H8BrNO2S2. The SMILES string of the molecule is Cc1nc(-c2ccc(Br)s2)sc1CC(=O)O. The molecule has 0 aliphatic rings. The van der Waals surface area contributed by atoms with E-state index in [9.17, 15) is 4.79 Å². The number of rotatable bonds is 3. The Bertz CT molecular complexity index is 533. The summed E-state index contributed by atoms with van der Waals surface area (Å²) >= 11 is 6.45. The van der Waals surface area contributed by atoms with Crippen molar-refractivity contribution in [2.45, 2.75) is 13.3 Å². The standard InChI is InChI=1S/C10H8BrNO2S2/c1-5-7(4-9(13)14)16-10(12-5)6-2-3-8(11)15-6/h2-3H,4H2,1H3,(H,13,14). The molecule has 16 heavy (non-hydrogen) atoms. The second-order valence-corrected chi connectivity index (χ2v) is 6.75. The molecule has 3 nitrogen and oxygen atoms in total. The number of aliphatic carboxylic acids is 1. The number of carboxylic acids is 1. The van der Waals surface area contributed by atoms with Crippen molar-refractivity contribution in [3.8, 4) is 9.88 Å². The average molecular weight is 318 g/mol. The van der Waals surface area contributed by atoms with Crippen LogP contribution in [-0.4, -0.2) is 16.1 Å². The molecule has 0 fully saturated rings. The van der Waals surface area contributed by atoms with Gasteiger partial charge in [-0.25, -0.2) is 4.98 Å². The smallest absolute Gasteiger partial charge is 0.308 e. The van der Waals surface area contributed by atoms with Gasteiger partial charge in [0, 0.05) is 4.88 Å². The minimum absolute atomic E-state index is 0.0516. The Labute approximate surface area is 109 Å². The molecule has 0 amide bonds. The van der Waals surface area contributed by atoms with Crippen LogP contribution in [0.4, 0.5) is 0 Å². The predicted octanol–water partition coefficient (Wildman–Crippen LogP) is 3.57. The van der Waals surface area contributed by atoms with E-state index in [0.29, 0.717) is 0 Å². The van der Waals surface area contributed by atoms with Gasteiger partial charge in [-0.15, -0.1) is 22.7 Å². The fourth-order valence-electron chi connectivity index (χ4n) is 1.26. The van der Waals surface area contributed by atoms with Crippen molar-refractivity contribution >= 4 is 44.6 Å². The van der Waals surface area contributed by atoms with E-state index in [-0.39, 0.29) is 6.42 Å². The Morgan fingerprint density at radius 2 is 2.25 bits per heavy atom. The van der Waals surface area contributed by atoms with Gasteiger partial charge in [-0.3, -0.25) is 4.79 Å². The Balaban J connectivity index is 2.33. The summed E-state index contributed by atoms with van der Waals surface area (Å²) in [5, 5.41) is 9.64. The van der Waals surface area contributed by atoms with Gasteiger partial charge < -0.3 is 5.11 Å². The van der Waals surface area contributed by atoms with E-state index in [0.717, 1.165) is 24.2 Å². The fourth-order valence-corrected chi connectivity index (χ4v) is 3.76. The van der Waals surface area contributed by atoms with Crippen molar-refractivity contribution in [2.24, 2.45) is 0 Å². The number of thiazole rings is 1. The molecule has 0 bridgehead atoms. The molecule has 2 aromatic heterocycles. The molecule has 0 saturated carbocycles. The Kier molecular flexibility index (Phi) is 3.41. The van der Waals surface area contributed by atoms with Gasteiger partial charge in [0.1, 0.15) is 5.01 Å². The predicted molar refractivity (Wildman–Crippen MR) is 69.2 cm³/mol. The third kappa shape index (κ3) is 2.50. The number of aromatic nitrogens is 1. The maximum Gasteiger partial charge on any atom is 0.308 e. The van der Waals surface area contributed by atoms with Crippen LogP contribution in [-0.2, 0) is 11.2 Å². The van der Waals surface area contributed by atoms with E-state index in [1.54, 1.807) is 11.3 Å². The van der Waals surface area contributed by atoms with Crippen LogP contribution in [0.5, 0.6) is 0 Å². The van der Waals surface area contributed by atoms with Crippen LogP contribution >= 0.6 is 38.6 Å². The highest BCUT2D eigenvalue weighted by molar-refractivity contribution is 9.11. The lowest BCUT2D eigenvalue weighted by molar-refractivity contribution is -0.136. The lowest BCUT2D eigenvalue weighted by atomic mass is 10.3. The second kappa shape index (κ2) is 4.65. The summed E-state index contributed by atoms with van der Waals surface area (Å²) in [4.78, 5) is 16.9. The van der Waals surface area contributed by atoms with Crippen molar-refractivity contribution in [2.75, 3.05) is 0 Å². The first-order valence-corrected chi connectivity index (χ1v) is 6.92. The zero-order valence-corrected chi connectivity index (χ0v) is 11.6. The van der Waals surface area contributed by atoms with Crippen molar-refractivity contribution in [1.29, 1.82) is 0 Å². The largest absolute Gasteiger partial charge is 0.481 e. The second-order valence-electron chi connectivity index (χ2n) is 3.20. The minimum Gasteiger partial charge on any atom is -0.481 e. The lowest BCUT2D eigenvalue weighted by Crippen LogP contribution is -1.99. The molecule has 2 heterocycles. The maximum atomic E-state index is 10.6. The van der Waals surface area contributed by atoms with Gasteiger partial charge in [-0.05, 0) is 35.0 Å². The monoisotopic (exact) mass is 317 g/mol. The number of aryl methyl sites for hydroxylation is 1. The Hall–Kier alpha value is -0.720. The van der Waals surface area contributed by atoms with Crippen LogP contribution in [0, 0.1) is 6.92 Å². The van der Waals surface area contributed by atoms with Crippen molar-refractivity contribution in [1.82, 2.24) is 4.98 Å². The first kappa shape index (κ1) is 11.8. The highest BCUT2D eigenvalue weighted by Gasteiger charge is 2.13. The third-order valence-corrected chi connectivity index (χ3v) is 4.94. The number of thiophene rings is 1. The summed E-state index contributed by atoms with van der Waals surface area (Å²) < 4.78 is 1.05. The molecule has 6 heteroatoms. The van der Waals surface area contributed by atoms with Gasteiger partial charge in [0.15, 0.2) is 0 Å². The number of hydrogen-bond acceptors (Lipinski definition) is 4. The number of hydrogen-bond donors (Lipinski definition) is 1. The van der Waals surface area contributed by atoms with Crippen LogP contribution < -0.4 is 0 Å². The van der Waals surface area contributed by atoms with Gasteiger partial charge in [-0.1, -0.05) is 0 Å². The lowest BCUT2D eigenvalue weighted by Gasteiger charge is -1.89. The Morgan fingerprint density at radius 1 is 1.50 bits per heavy atom. The highest BCUT2D eigenvalue weighted by atomic mass is 79.9. The van der Waals surface area contributed by atoms with Crippen LogP contribution in [0.25, 0.3) is 9.88 Å². The molecule has 0 spiro atoms. The number of carboxylic acid groups (broad SMARTS) is 1. The molecule has 0 aliphatic carbocycles. The molecule has 0 aromatic carbocycles. The number of halogens is 1. The van der Waals surface area contributed by atoms with Crippen molar-refractivity contribution < 1.29 is 9.90 Å². The van der Waals surface area contributed by atoms with Gasteiger partial charge in [-0.2, -0.15) is 0 Å².